The third-order valence-electron chi connectivity index (χ3n) is 2.48. The first-order chi connectivity index (χ1) is 5.14. The minimum absolute atomic E-state index is 0.263. The van der Waals surface area contributed by atoms with E-state index in [0.717, 1.165) is 0 Å². The highest BCUT2D eigenvalue weighted by atomic mass is 16.6. The number of hydrogen-bond donors (Lipinski definition) is 0. The third kappa shape index (κ3) is 1.15. The fourth-order valence-corrected chi connectivity index (χ4v) is 1.38. The Morgan fingerprint density at radius 3 is 2.09 bits per heavy atom. The van der Waals surface area contributed by atoms with Crippen LogP contribution < -0.4 is 0 Å². The highest BCUT2D eigenvalue weighted by Gasteiger charge is 2.46. The monoisotopic (exact) mass is 156 g/mol. The average molecular weight is 156 g/mol. The van der Waals surface area contributed by atoms with Crippen LogP contribution in [0.25, 0.3) is 0 Å². The molecule has 0 aromatic rings. The van der Waals surface area contributed by atoms with Crippen molar-refractivity contribution in [3.8, 4) is 0 Å². The van der Waals surface area contributed by atoms with Crippen molar-refractivity contribution in [1.82, 2.24) is 0 Å². The van der Waals surface area contributed by atoms with Crippen LogP contribution in [0.15, 0.2) is 0 Å². The molecule has 0 aromatic carbocycles. The van der Waals surface area contributed by atoms with Gasteiger partial charge in [0.2, 0.25) is 0 Å². The van der Waals surface area contributed by atoms with Crippen LogP contribution in [0, 0.1) is 5.41 Å². The predicted octanol–water partition coefficient (Wildman–Crippen LogP) is 1.27. The second-order valence-corrected chi connectivity index (χ2v) is 2.93. The van der Waals surface area contributed by atoms with Gasteiger partial charge in [-0.1, -0.05) is 13.8 Å². The van der Waals surface area contributed by atoms with Crippen LogP contribution in [0.2, 0.25) is 0 Å². The highest BCUT2D eigenvalue weighted by Crippen LogP contribution is 2.37. The lowest BCUT2D eigenvalue weighted by Crippen LogP contribution is -2.24. The maximum Gasteiger partial charge on any atom is 0.320 e. The van der Waals surface area contributed by atoms with Crippen molar-refractivity contribution < 1.29 is 14.3 Å². The Bertz CT molecular complexity index is 192. The Labute approximate surface area is 65.7 Å². The standard InChI is InChI=1S/C8H12O3/c1-3-8(4-2)5-6(9)11-7(8)10/h3-5H2,1-2H3. The zero-order chi connectivity index (χ0) is 8.48. The quantitative estimate of drug-likeness (QED) is 0.446. The van der Waals surface area contributed by atoms with Crippen molar-refractivity contribution >= 4 is 11.9 Å². The lowest BCUT2D eigenvalue weighted by molar-refractivity contribution is -0.155. The molecule has 0 atom stereocenters. The van der Waals surface area contributed by atoms with E-state index in [1.165, 1.54) is 0 Å². The molecule has 11 heavy (non-hydrogen) atoms. The number of carbonyl (C=O) groups is 2. The normalized spacial score (nSPS) is 22.0. The van der Waals surface area contributed by atoms with E-state index < -0.39 is 5.41 Å². The summed E-state index contributed by atoms with van der Waals surface area (Å²) in [5.74, 6) is -0.716. The van der Waals surface area contributed by atoms with Gasteiger partial charge in [0.1, 0.15) is 0 Å². The van der Waals surface area contributed by atoms with Crippen LogP contribution >= 0.6 is 0 Å². The first kappa shape index (κ1) is 8.24. The molecule has 3 heteroatoms. The summed E-state index contributed by atoms with van der Waals surface area (Å²) in [5.41, 5.74) is -0.503. The third-order valence-corrected chi connectivity index (χ3v) is 2.48. The van der Waals surface area contributed by atoms with E-state index in [1.54, 1.807) is 0 Å². The molecule has 0 aliphatic carbocycles. The first-order valence-electron chi connectivity index (χ1n) is 3.89. The highest BCUT2D eigenvalue weighted by molar-refractivity contribution is 5.97. The van der Waals surface area contributed by atoms with Crippen molar-refractivity contribution in [2.24, 2.45) is 5.41 Å². The fraction of sp³-hybridized carbons (Fsp3) is 0.750. The summed E-state index contributed by atoms with van der Waals surface area (Å²) in [5, 5.41) is 0. The summed E-state index contributed by atoms with van der Waals surface area (Å²) in [4.78, 5) is 21.9. The van der Waals surface area contributed by atoms with Gasteiger partial charge in [0.05, 0.1) is 11.8 Å². The summed E-state index contributed by atoms with van der Waals surface area (Å²) >= 11 is 0. The Morgan fingerprint density at radius 2 is 1.91 bits per heavy atom. The van der Waals surface area contributed by atoms with Gasteiger partial charge >= 0.3 is 11.9 Å². The lowest BCUT2D eigenvalue weighted by atomic mass is 9.81. The van der Waals surface area contributed by atoms with Gasteiger partial charge in [0.25, 0.3) is 0 Å². The summed E-state index contributed by atoms with van der Waals surface area (Å²) in [6.07, 6.45) is 1.64. The Kier molecular flexibility index (Phi) is 1.98. The molecule has 1 aliphatic heterocycles. The van der Waals surface area contributed by atoms with Crippen LogP contribution in [-0.4, -0.2) is 11.9 Å². The number of hydrogen-bond acceptors (Lipinski definition) is 3. The van der Waals surface area contributed by atoms with Crippen LogP contribution in [0.4, 0.5) is 0 Å². The molecule has 3 nitrogen and oxygen atoms in total. The topological polar surface area (TPSA) is 43.4 Å². The van der Waals surface area contributed by atoms with Gasteiger partial charge in [0, 0.05) is 0 Å². The largest absolute Gasteiger partial charge is 0.393 e. The van der Waals surface area contributed by atoms with Gasteiger partial charge in [-0.3, -0.25) is 9.59 Å². The first-order valence-corrected chi connectivity index (χ1v) is 3.89. The van der Waals surface area contributed by atoms with E-state index in [1.807, 2.05) is 13.8 Å². The molecule has 62 valence electrons. The SMILES string of the molecule is CCC1(CC)CC(=O)OC1=O. The van der Waals surface area contributed by atoms with E-state index in [-0.39, 0.29) is 18.4 Å². The average Bonchev–Trinajstić information content (AvgIpc) is 2.27. The molecule has 0 N–H and O–H groups in total. The molecular formula is C8H12O3. The van der Waals surface area contributed by atoms with E-state index in [9.17, 15) is 9.59 Å². The number of carbonyl (C=O) groups excluding carboxylic acids is 2. The molecule has 1 heterocycles. The van der Waals surface area contributed by atoms with Gasteiger partial charge in [-0.05, 0) is 12.8 Å². The minimum Gasteiger partial charge on any atom is -0.393 e. The minimum atomic E-state index is -0.503. The summed E-state index contributed by atoms with van der Waals surface area (Å²) < 4.78 is 4.48. The Morgan fingerprint density at radius 1 is 1.36 bits per heavy atom. The second kappa shape index (κ2) is 2.64. The van der Waals surface area contributed by atoms with E-state index in [2.05, 4.69) is 4.74 Å². The zero-order valence-electron chi connectivity index (χ0n) is 6.85. The fourth-order valence-electron chi connectivity index (χ4n) is 1.38. The molecule has 0 unspecified atom stereocenters. The molecule has 1 fully saturated rings. The van der Waals surface area contributed by atoms with Crippen molar-refractivity contribution in [3.05, 3.63) is 0 Å². The maximum absolute atomic E-state index is 11.1. The molecule has 0 amide bonds. The van der Waals surface area contributed by atoms with Crippen molar-refractivity contribution in [2.75, 3.05) is 0 Å². The van der Waals surface area contributed by atoms with E-state index in [0.29, 0.717) is 12.8 Å². The molecule has 1 aliphatic rings. The number of cyclic esters (lactones) is 2. The van der Waals surface area contributed by atoms with Crippen LogP contribution in [-0.2, 0) is 14.3 Å². The number of ether oxygens (including phenoxy) is 1. The molecule has 1 rings (SSSR count). The molecule has 0 bridgehead atoms. The van der Waals surface area contributed by atoms with Gasteiger partial charge in [-0.2, -0.15) is 0 Å². The maximum atomic E-state index is 11.1. The van der Waals surface area contributed by atoms with Crippen molar-refractivity contribution in [2.45, 2.75) is 33.1 Å². The number of esters is 2. The van der Waals surface area contributed by atoms with E-state index >= 15 is 0 Å². The van der Waals surface area contributed by atoms with Gasteiger partial charge in [-0.15, -0.1) is 0 Å². The van der Waals surface area contributed by atoms with Crippen LogP contribution in [0.1, 0.15) is 33.1 Å². The molecule has 0 aromatic heterocycles. The van der Waals surface area contributed by atoms with Crippen molar-refractivity contribution in [3.63, 3.8) is 0 Å². The Balaban J connectivity index is 2.84. The molecule has 0 saturated carbocycles. The zero-order valence-corrected chi connectivity index (χ0v) is 6.85. The molecular weight excluding hydrogens is 144 g/mol. The molecule has 0 spiro atoms. The Hall–Kier alpha value is -0.860. The van der Waals surface area contributed by atoms with Crippen LogP contribution in [0.3, 0.4) is 0 Å². The van der Waals surface area contributed by atoms with Gasteiger partial charge in [-0.25, -0.2) is 0 Å². The van der Waals surface area contributed by atoms with Gasteiger partial charge < -0.3 is 4.74 Å². The van der Waals surface area contributed by atoms with Crippen molar-refractivity contribution in [1.29, 1.82) is 0 Å². The number of rotatable bonds is 2. The van der Waals surface area contributed by atoms with Gasteiger partial charge in [0.15, 0.2) is 0 Å². The summed E-state index contributed by atoms with van der Waals surface area (Å²) in [6.45, 7) is 3.81. The van der Waals surface area contributed by atoms with Crippen LogP contribution in [0.5, 0.6) is 0 Å². The molecule has 0 radical (unpaired) electrons. The van der Waals surface area contributed by atoms with E-state index in [4.69, 9.17) is 0 Å². The second-order valence-electron chi connectivity index (χ2n) is 2.93. The smallest absolute Gasteiger partial charge is 0.320 e. The lowest BCUT2D eigenvalue weighted by Gasteiger charge is -2.18. The summed E-state index contributed by atoms with van der Waals surface area (Å²) in [7, 11) is 0. The molecule has 1 saturated heterocycles. The predicted molar refractivity (Wildman–Crippen MR) is 38.7 cm³/mol. The summed E-state index contributed by atoms with van der Waals surface area (Å²) in [6, 6.07) is 0.